The van der Waals surface area contributed by atoms with Crippen LogP contribution in [0.2, 0.25) is 0 Å². The Hall–Kier alpha value is -2.74. The van der Waals surface area contributed by atoms with Crippen molar-refractivity contribution in [2.45, 2.75) is 38.5 Å². The molecule has 3 aliphatic carbocycles. The van der Waals surface area contributed by atoms with Crippen LogP contribution in [0.1, 0.15) is 61.1 Å². The van der Waals surface area contributed by atoms with E-state index in [0.29, 0.717) is 0 Å². The lowest BCUT2D eigenvalue weighted by molar-refractivity contribution is 0.639. The van der Waals surface area contributed by atoms with E-state index in [-0.39, 0.29) is 10.8 Å². The van der Waals surface area contributed by atoms with Crippen LogP contribution in [0.5, 0.6) is 0 Å². The zero-order chi connectivity index (χ0) is 19.6. The summed E-state index contributed by atoms with van der Waals surface area (Å²) in [5, 5.41) is 2.78. The first-order valence-electron chi connectivity index (χ1n) is 10.1. The number of hydrogen-bond acceptors (Lipinski definition) is 2. The van der Waals surface area contributed by atoms with Crippen molar-refractivity contribution in [2.75, 3.05) is 14.1 Å². The molecule has 2 heteroatoms. The second kappa shape index (κ2) is 4.63. The number of rotatable bonds is 0. The average molecular weight is 364 g/mol. The third kappa shape index (κ3) is 1.48. The van der Waals surface area contributed by atoms with Crippen molar-refractivity contribution < 1.29 is 0 Å². The monoisotopic (exact) mass is 364 g/mol. The summed E-state index contributed by atoms with van der Waals surface area (Å²) in [5.41, 5.74) is 13.2. The van der Waals surface area contributed by atoms with Crippen LogP contribution in [-0.4, -0.2) is 25.5 Å². The first-order chi connectivity index (χ1) is 13.3. The molecule has 0 amide bonds. The largest absolute Gasteiger partial charge is 0.286 e. The van der Waals surface area contributed by atoms with Gasteiger partial charge in [-0.3, -0.25) is 9.98 Å². The molecule has 0 bridgehead atoms. The molecule has 0 radical (unpaired) electrons. The van der Waals surface area contributed by atoms with Crippen molar-refractivity contribution in [3.63, 3.8) is 0 Å². The molecule has 0 spiro atoms. The van der Waals surface area contributed by atoms with Crippen molar-refractivity contribution >= 4 is 22.2 Å². The summed E-state index contributed by atoms with van der Waals surface area (Å²) in [7, 11) is 3.77. The molecule has 0 unspecified atom stereocenters. The zero-order valence-electron chi connectivity index (χ0n) is 17.4. The molecule has 138 valence electrons. The van der Waals surface area contributed by atoms with Gasteiger partial charge in [-0.05, 0) is 44.8 Å². The van der Waals surface area contributed by atoms with Gasteiger partial charge in [-0.25, -0.2) is 0 Å². The van der Waals surface area contributed by atoms with Crippen LogP contribution in [0.15, 0.2) is 46.4 Å². The van der Waals surface area contributed by atoms with Gasteiger partial charge in [0, 0.05) is 41.4 Å². The Morgan fingerprint density at radius 1 is 0.607 bits per heavy atom. The van der Waals surface area contributed by atoms with E-state index >= 15 is 0 Å². The van der Waals surface area contributed by atoms with E-state index in [0.717, 1.165) is 11.4 Å². The van der Waals surface area contributed by atoms with Crippen LogP contribution < -0.4 is 0 Å². The van der Waals surface area contributed by atoms with Crippen LogP contribution in [0.4, 0.5) is 0 Å². The van der Waals surface area contributed by atoms with Gasteiger partial charge in [-0.2, -0.15) is 0 Å². The van der Waals surface area contributed by atoms with E-state index in [1.54, 1.807) is 0 Å². The molecule has 0 aliphatic heterocycles. The molecule has 6 rings (SSSR count). The molecular formula is C26H24N2. The Kier molecular flexibility index (Phi) is 2.68. The molecule has 0 heterocycles. The lowest BCUT2D eigenvalue weighted by atomic mass is 9.68. The lowest BCUT2D eigenvalue weighted by Crippen LogP contribution is -2.24. The maximum Gasteiger partial charge on any atom is 0.0907 e. The minimum Gasteiger partial charge on any atom is -0.286 e. The fourth-order valence-electron chi connectivity index (χ4n) is 6.08. The Balaban J connectivity index is 1.96. The van der Waals surface area contributed by atoms with Crippen LogP contribution in [0.25, 0.3) is 21.9 Å². The number of nitrogens with zero attached hydrogens (tertiary/aromatic N) is 2. The van der Waals surface area contributed by atoms with Crippen molar-refractivity contribution in [3.8, 4) is 11.1 Å². The molecule has 0 atom stereocenters. The summed E-state index contributed by atoms with van der Waals surface area (Å²) in [6.07, 6.45) is 0. The van der Waals surface area contributed by atoms with Gasteiger partial charge in [0.05, 0.1) is 11.4 Å². The minimum absolute atomic E-state index is 0.00990. The van der Waals surface area contributed by atoms with E-state index in [4.69, 9.17) is 0 Å². The molecule has 0 saturated carbocycles. The predicted octanol–water partition coefficient (Wildman–Crippen LogP) is 5.64. The summed E-state index contributed by atoms with van der Waals surface area (Å²) in [6, 6.07) is 13.9. The topological polar surface area (TPSA) is 24.7 Å². The molecular weight excluding hydrogens is 340 g/mol. The molecule has 3 aromatic carbocycles. The van der Waals surface area contributed by atoms with E-state index in [1.807, 2.05) is 14.1 Å². The standard InChI is InChI=1S/C26H24N2/c1-25(2)15-8-7-9-16-20(15)22-18(26(16,3)4)12-14-19-13(10-11-17(25)21(19)22)23(27-5)24(14)28-6/h7-12H,1-6H3/b27-23-,28-24-. The lowest BCUT2D eigenvalue weighted by Gasteiger charge is -2.35. The van der Waals surface area contributed by atoms with Gasteiger partial charge in [0.15, 0.2) is 0 Å². The maximum atomic E-state index is 4.67. The van der Waals surface area contributed by atoms with Crippen molar-refractivity contribution in [1.29, 1.82) is 0 Å². The molecule has 28 heavy (non-hydrogen) atoms. The smallest absolute Gasteiger partial charge is 0.0907 e. The highest BCUT2D eigenvalue weighted by atomic mass is 14.8. The van der Waals surface area contributed by atoms with Crippen LogP contribution in [0, 0.1) is 0 Å². The van der Waals surface area contributed by atoms with Crippen molar-refractivity contribution in [3.05, 3.63) is 69.8 Å². The molecule has 0 aromatic heterocycles. The summed E-state index contributed by atoms with van der Waals surface area (Å²) < 4.78 is 0. The van der Waals surface area contributed by atoms with E-state index in [2.05, 4.69) is 74.1 Å². The molecule has 3 aromatic rings. The Morgan fingerprint density at radius 3 is 1.86 bits per heavy atom. The first kappa shape index (κ1) is 16.2. The van der Waals surface area contributed by atoms with Gasteiger partial charge < -0.3 is 0 Å². The van der Waals surface area contributed by atoms with Crippen LogP contribution >= 0.6 is 0 Å². The molecule has 0 saturated heterocycles. The molecule has 0 N–H and O–H groups in total. The molecule has 0 fully saturated rings. The van der Waals surface area contributed by atoms with Crippen molar-refractivity contribution in [2.24, 2.45) is 9.98 Å². The van der Waals surface area contributed by atoms with Crippen LogP contribution in [0.3, 0.4) is 0 Å². The SMILES string of the molecule is C/N=C1\C(=N/C)c2cc3c4c5c(ccc1c25)C(C)(C)c1cccc(c1-4)C3(C)C. The fourth-order valence-corrected chi connectivity index (χ4v) is 6.08. The highest BCUT2D eigenvalue weighted by Crippen LogP contribution is 2.60. The van der Waals surface area contributed by atoms with Crippen LogP contribution in [-0.2, 0) is 10.8 Å². The highest BCUT2D eigenvalue weighted by molar-refractivity contribution is 6.61. The summed E-state index contributed by atoms with van der Waals surface area (Å²) in [6.45, 7) is 9.49. The minimum atomic E-state index is -0.0250. The molecule has 2 nitrogen and oxygen atoms in total. The van der Waals surface area contributed by atoms with E-state index in [1.165, 1.54) is 55.3 Å². The Labute approximate surface area is 166 Å². The third-order valence-corrected chi connectivity index (χ3v) is 7.47. The number of benzene rings is 3. The Morgan fingerprint density at radius 2 is 1.21 bits per heavy atom. The number of hydrogen-bond donors (Lipinski definition) is 0. The normalized spacial score (nSPS) is 21.9. The second-order valence-corrected chi connectivity index (χ2v) is 9.38. The fraction of sp³-hybridized carbons (Fsp3) is 0.308. The molecule has 3 aliphatic rings. The summed E-state index contributed by atoms with van der Waals surface area (Å²) in [4.78, 5) is 9.30. The van der Waals surface area contributed by atoms with Gasteiger partial charge in [0.2, 0.25) is 0 Å². The maximum absolute atomic E-state index is 4.67. The van der Waals surface area contributed by atoms with E-state index in [9.17, 15) is 0 Å². The summed E-state index contributed by atoms with van der Waals surface area (Å²) in [5.74, 6) is 0. The third-order valence-electron chi connectivity index (χ3n) is 7.47. The average Bonchev–Trinajstić information content (AvgIpc) is 3.11. The van der Waals surface area contributed by atoms with Gasteiger partial charge in [-0.1, -0.05) is 58.0 Å². The van der Waals surface area contributed by atoms with Gasteiger partial charge in [-0.15, -0.1) is 0 Å². The zero-order valence-corrected chi connectivity index (χ0v) is 17.4. The van der Waals surface area contributed by atoms with Gasteiger partial charge >= 0.3 is 0 Å². The Bertz CT molecular complexity index is 1320. The quantitative estimate of drug-likeness (QED) is 0.493. The van der Waals surface area contributed by atoms with E-state index < -0.39 is 0 Å². The number of aliphatic imine (C=N–C) groups is 2. The summed E-state index contributed by atoms with van der Waals surface area (Å²) >= 11 is 0. The van der Waals surface area contributed by atoms with Crippen molar-refractivity contribution in [1.82, 2.24) is 0 Å². The highest BCUT2D eigenvalue weighted by Gasteiger charge is 2.46. The predicted molar refractivity (Wildman–Crippen MR) is 119 cm³/mol. The van der Waals surface area contributed by atoms with Gasteiger partial charge in [0.25, 0.3) is 0 Å². The van der Waals surface area contributed by atoms with Gasteiger partial charge in [0.1, 0.15) is 0 Å². The second-order valence-electron chi connectivity index (χ2n) is 9.38. The first-order valence-corrected chi connectivity index (χ1v) is 10.1.